The largest absolute Gasteiger partial charge is 0.369 e. The molecule has 2 N–H and O–H groups in total. The summed E-state index contributed by atoms with van der Waals surface area (Å²) in [7, 11) is 0. The molecule has 0 saturated carbocycles. The minimum absolute atomic E-state index is 0.123. The first-order valence-electron chi connectivity index (χ1n) is 5.68. The van der Waals surface area contributed by atoms with E-state index in [-0.39, 0.29) is 5.54 Å². The number of nitrogens with zero attached hydrogens (tertiary/aromatic N) is 2. The highest BCUT2D eigenvalue weighted by molar-refractivity contribution is 5.97. The van der Waals surface area contributed by atoms with Crippen molar-refractivity contribution in [3.8, 4) is 0 Å². The van der Waals surface area contributed by atoms with Crippen LogP contribution in [0.15, 0.2) is 29.3 Å². The van der Waals surface area contributed by atoms with E-state index in [1.54, 1.807) is 0 Å². The van der Waals surface area contributed by atoms with Crippen LogP contribution >= 0.6 is 0 Å². The van der Waals surface area contributed by atoms with Crippen LogP contribution in [0, 0.1) is 0 Å². The molecule has 0 unspecified atom stereocenters. The van der Waals surface area contributed by atoms with Gasteiger partial charge >= 0.3 is 0 Å². The Morgan fingerprint density at radius 2 is 2.00 bits per heavy atom. The number of hydrogen-bond acceptors (Lipinski definition) is 1. The van der Waals surface area contributed by atoms with Gasteiger partial charge in [0, 0.05) is 12.2 Å². The maximum absolute atomic E-state index is 6.06. The maximum Gasteiger partial charge on any atom is 0.196 e. The number of para-hydroxylation sites is 1. The molecule has 1 heterocycles. The molecule has 1 aromatic rings. The van der Waals surface area contributed by atoms with Crippen LogP contribution in [0.25, 0.3) is 0 Å². The standard InChI is InChI=1S/C13H19N3/c1-13(2,3)15-12(14)16-9-8-10-6-4-5-7-11(10)16/h4-7H,8-9H2,1-3H3,(H2,14,15). The second kappa shape index (κ2) is 3.81. The molecule has 0 spiro atoms. The molecule has 16 heavy (non-hydrogen) atoms. The molecule has 0 fully saturated rings. The van der Waals surface area contributed by atoms with E-state index in [9.17, 15) is 0 Å². The number of hydrogen-bond donors (Lipinski definition) is 1. The van der Waals surface area contributed by atoms with Gasteiger partial charge in [0.05, 0.1) is 5.54 Å². The zero-order valence-electron chi connectivity index (χ0n) is 10.2. The lowest BCUT2D eigenvalue weighted by Crippen LogP contribution is -2.38. The average molecular weight is 217 g/mol. The summed E-state index contributed by atoms with van der Waals surface area (Å²) in [5.41, 5.74) is 8.49. The first-order chi connectivity index (χ1) is 7.47. The number of guanidine groups is 1. The Morgan fingerprint density at radius 1 is 1.31 bits per heavy atom. The summed E-state index contributed by atoms with van der Waals surface area (Å²) >= 11 is 0. The lowest BCUT2D eigenvalue weighted by Gasteiger charge is -2.22. The highest BCUT2D eigenvalue weighted by atomic mass is 15.3. The molecule has 3 heteroatoms. The molecule has 0 atom stereocenters. The molecule has 0 saturated heterocycles. The molecule has 0 aromatic heterocycles. The Kier molecular flexibility index (Phi) is 2.62. The number of nitrogens with two attached hydrogens (primary N) is 1. The summed E-state index contributed by atoms with van der Waals surface area (Å²) in [5.74, 6) is 0.623. The predicted octanol–water partition coefficient (Wildman–Crippen LogP) is 2.16. The molecule has 0 amide bonds. The van der Waals surface area contributed by atoms with Crippen molar-refractivity contribution in [1.29, 1.82) is 0 Å². The normalized spacial score (nSPS) is 16.4. The molecule has 0 aliphatic carbocycles. The van der Waals surface area contributed by atoms with Gasteiger partial charge in [0.25, 0.3) is 0 Å². The van der Waals surface area contributed by atoms with E-state index in [2.05, 4.69) is 48.9 Å². The highest BCUT2D eigenvalue weighted by Crippen LogP contribution is 2.27. The Morgan fingerprint density at radius 3 is 2.69 bits per heavy atom. The maximum atomic E-state index is 6.06. The van der Waals surface area contributed by atoms with Gasteiger partial charge in [-0.25, -0.2) is 4.99 Å². The number of rotatable bonds is 0. The first kappa shape index (κ1) is 11.0. The van der Waals surface area contributed by atoms with Crippen LogP contribution in [0.3, 0.4) is 0 Å². The predicted molar refractivity (Wildman–Crippen MR) is 68.9 cm³/mol. The third-order valence-corrected chi connectivity index (χ3v) is 2.61. The fourth-order valence-electron chi connectivity index (χ4n) is 1.98. The molecule has 3 nitrogen and oxygen atoms in total. The first-order valence-corrected chi connectivity index (χ1v) is 5.68. The molecule has 86 valence electrons. The SMILES string of the molecule is CC(C)(C)N=C(N)N1CCc2ccccc21. The topological polar surface area (TPSA) is 41.6 Å². The van der Waals surface area contributed by atoms with Crippen LogP contribution in [0.5, 0.6) is 0 Å². The van der Waals surface area contributed by atoms with Crippen molar-refractivity contribution in [1.82, 2.24) is 0 Å². The molecular weight excluding hydrogens is 198 g/mol. The van der Waals surface area contributed by atoms with Crippen molar-refractivity contribution in [2.75, 3.05) is 11.4 Å². The average Bonchev–Trinajstić information content (AvgIpc) is 2.58. The van der Waals surface area contributed by atoms with Crippen molar-refractivity contribution in [3.05, 3.63) is 29.8 Å². The number of anilines is 1. The van der Waals surface area contributed by atoms with Gasteiger partial charge in [0.1, 0.15) is 0 Å². The number of fused-ring (bicyclic) bond motifs is 1. The third kappa shape index (κ3) is 2.18. The van der Waals surface area contributed by atoms with Gasteiger partial charge in [-0.15, -0.1) is 0 Å². The molecule has 0 radical (unpaired) electrons. The zero-order chi connectivity index (χ0) is 11.8. The van der Waals surface area contributed by atoms with Crippen molar-refractivity contribution in [2.24, 2.45) is 10.7 Å². The molecule has 1 aliphatic heterocycles. The van der Waals surface area contributed by atoms with Gasteiger partial charge in [0.2, 0.25) is 0 Å². The minimum Gasteiger partial charge on any atom is -0.369 e. The fraction of sp³-hybridized carbons (Fsp3) is 0.462. The molecular formula is C13H19N3. The fourth-order valence-corrected chi connectivity index (χ4v) is 1.98. The summed E-state index contributed by atoms with van der Waals surface area (Å²) in [4.78, 5) is 6.61. The van der Waals surface area contributed by atoms with Gasteiger partial charge < -0.3 is 10.6 Å². The highest BCUT2D eigenvalue weighted by Gasteiger charge is 2.22. The smallest absolute Gasteiger partial charge is 0.196 e. The van der Waals surface area contributed by atoms with E-state index in [0.717, 1.165) is 13.0 Å². The number of aliphatic imine (C=N–C) groups is 1. The van der Waals surface area contributed by atoms with Crippen LogP contribution in [0.4, 0.5) is 5.69 Å². The number of benzene rings is 1. The van der Waals surface area contributed by atoms with Crippen molar-refractivity contribution < 1.29 is 0 Å². The Balaban J connectivity index is 2.29. The Labute approximate surface area is 97.0 Å². The van der Waals surface area contributed by atoms with E-state index < -0.39 is 0 Å². The van der Waals surface area contributed by atoms with Crippen LogP contribution in [-0.4, -0.2) is 18.0 Å². The summed E-state index contributed by atoms with van der Waals surface area (Å²) in [6.45, 7) is 7.11. The van der Waals surface area contributed by atoms with Crippen molar-refractivity contribution in [2.45, 2.75) is 32.7 Å². The van der Waals surface area contributed by atoms with E-state index >= 15 is 0 Å². The summed E-state index contributed by atoms with van der Waals surface area (Å²) in [6.07, 6.45) is 1.05. The molecule has 1 aliphatic rings. The van der Waals surface area contributed by atoms with Crippen molar-refractivity contribution >= 4 is 11.6 Å². The second-order valence-corrected chi connectivity index (χ2v) is 5.17. The van der Waals surface area contributed by atoms with E-state index in [0.29, 0.717) is 5.96 Å². The van der Waals surface area contributed by atoms with Crippen LogP contribution in [-0.2, 0) is 6.42 Å². The molecule has 1 aromatic carbocycles. The van der Waals surface area contributed by atoms with Crippen molar-refractivity contribution in [3.63, 3.8) is 0 Å². The quantitative estimate of drug-likeness (QED) is 0.534. The van der Waals surface area contributed by atoms with Gasteiger partial charge in [-0.1, -0.05) is 18.2 Å². The third-order valence-electron chi connectivity index (χ3n) is 2.61. The lowest BCUT2D eigenvalue weighted by atomic mass is 10.1. The monoisotopic (exact) mass is 217 g/mol. The zero-order valence-corrected chi connectivity index (χ0v) is 10.2. The summed E-state index contributed by atoms with van der Waals surface area (Å²) in [6, 6.07) is 8.37. The summed E-state index contributed by atoms with van der Waals surface area (Å²) in [5, 5.41) is 0. The van der Waals surface area contributed by atoms with Crippen LogP contribution in [0.1, 0.15) is 26.3 Å². The van der Waals surface area contributed by atoms with Gasteiger partial charge in [0.15, 0.2) is 5.96 Å². The van der Waals surface area contributed by atoms with E-state index in [1.165, 1.54) is 11.3 Å². The Bertz CT molecular complexity index is 415. The van der Waals surface area contributed by atoms with Crippen LogP contribution < -0.4 is 10.6 Å². The minimum atomic E-state index is -0.123. The van der Waals surface area contributed by atoms with Gasteiger partial charge in [-0.3, -0.25) is 0 Å². The lowest BCUT2D eigenvalue weighted by molar-refractivity contribution is 0.581. The van der Waals surface area contributed by atoms with Crippen LogP contribution in [0.2, 0.25) is 0 Å². The second-order valence-electron chi connectivity index (χ2n) is 5.17. The van der Waals surface area contributed by atoms with Gasteiger partial charge in [-0.05, 0) is 38.8 Å². The van der Waals surface area contributed by atoms with Gasteiger partial charge in [-0.2, -0.15) is 0 Å². The molecule has 2 rings (SSSR count). The van der Waals surface area contributed by atoms with E-state index in [4.69, 9.17) is 5.73 Å². The summed E-state index contributed by atoms with van der Waals surface area (Å²) < 4.78 is 0. The Hall–Kier alpha value is -1.51. The molecule has 0 bridgehead atoms. The van der Waals surface area contributed by atoms with E-state index in [1.807, 2.05) is 6.07 Å².